The van der Waals surface area contributed by atoms with Gasteiger partial charge < -0.3 is 10.2 Å². The van der Waals surface area contributed by atoms with E-state index in [1.165, 1.54) is 0 Å². The molecule has 8 heteroatoms. The number of amides is 2. The molecule has 3 fully saturated rings. The predicted molar refractivity (Wildman–Crippen MR) is 115 cm³/mol. The van der Waals surface area contributed by atoms with E-state index >= 15 is 0 Å². The van der Waals surface area contributed by atoms with Crippen LogP contribution in [0.25, 0.3) is 0 Å². The fourth-order valence-electron chi connectivity index (χ4n) is 4.83. The highest BCUT2D eigenvalue weighted by molar-refractivity contribution is 6.30. The number of fused-ring (bicyclic) bond motifs is 1. The third-order valence-corrected chi connectivity index (χ3v) is 7.15. The van der Waals surface area contributed by atoms with Crippen molar-refractivity contribution in [2.24, 2.45) is 11.8 Å². The topological polar surface area (TPSA) is 62.3 Å². The Morgan fingerprint density at radius 2 is 2.00 bits per heavy atom. The lowest BCUT2D eigenvalue weighted by Crippen LogP contribution is -2.49. The van der Waals surface area contributed by atoms with Gasteiger partial charge in [-0.05, 0) is 73.8 Å². The van der Waals surface area contributed by atoms with Gasteiger partial charge in [0.25, 0.3) is 5.91 Å². The van der Waals surface area contributed by atoms with Crippen molar-refractivity contribution in [2.45, 2.75) is 57.2 Å². The Hall–Kier alpha value is -2.54. The van der Waals surface area contributed by atoms with Gasteiger partial charge in [0.15, 0.2) is 0 Å². The number of pyridine rings is 1. The molecule has 168 valence electrons. The molecule has 0 bridgehead atoms. The summed E-state index contributed by atoms with van der Waals surface area (Å²) >= 11 is 5.70. The Kier molecular flexibility index (Phi) is 5.40. The highest BCUT2D eigenvalue weighted by Crippen LogP contribution is 2.49. The number of aryl methyl sites for hydroxylation is 1. The largest absolute Gasteiger partial charge is 0.347 e. The maximum atomic E-state index is 14.6. The van der Waals surface area contributed by atoms with Gasteiger partial charge in [-0.1, -0.05) is 18.5 Å². The Morgan fingerprint density at radius 3 is 2.72 bits per heavy atom. The van der Waals surface area contributed by atoms with Crippen molar-refractivity contribution in [3.8, 4) is 0 Å². The summed E-state index contributed by atoms with van der Waals surface area (Å²) in [6.45, 7) is 2.00. The molecule has 1 N–H and O–H groups in total. The van der Waals surface area contributed by atoms with E-state index < -0.39 is 23.7 Å². The molecule has 5 nitrogen and oxygen atoms in total. The summed E-state index contributed by atoms with van der Waals surface area (Å²) in [5, 5.41) is 2.63. The third-order valence-electron chi connectivity index (χ3n) is 6.86. The fraction of sp³-hybridized carbons (Fsp3) is 0.458. The van der Waals surface area contributed by atoms with Gasteiger partial charge >= 0.3 is 0 Å². The zero-order valence-electron chi connectivity index (χ0n) is 17.7. The molecule has 3 aliphatic rings. The minimum Gasteiger partial charge on any atom is -0.347 e. The molecule has 4 atom stereocenters. The summed E-state index contributed by atoms with van der Waals surface area (Å²) in [7, 11) is 0. The number of rotatable bonds is 6. The number of nitrogens with zero attached hydrogens (tertiary/aromatic N) is 2. The summed E-state index contributed by atoms with van der Waals surface area (Å²) in [5.74, 6) is -1.61. The first kappa shape index (κ1) is 21.3. The number of benzene rings is 1. The predicted octanol–water partition coefficient (Wildman–Crippen LogP) is 4.45. The molecule has 2 heterocycles. The maximum Gasteiger partial charge on any atom is 0.273 e. The molecule has 0 spiro atoms. The van der Waals surface area contributed by atoms with Crippen LogP contribution in [0.15, 0.2) is 30.5 Å². The minimum absolute atomic E-state index is 0.0365. The molecule has 0 radical (unpaired) electrons. The first-order valence-electron chi connectivity index (χ1n) is 11.1. The number of carbonyl (C=O) groups is 2. The SMILES string of the molecule is CCc1ccnc(C(=O)N2[C@@H](C(=O)NC(c3cc(F)c(Cl)cc3F)C3CC3)C[C@H]3C[C@H]32)c1. The van der Waals surface area contributed by atoms with E-state index in [9.17, 15) is 18.4 Å². The Morgan fingerprint density at radius 1 is 1.22 bits per heavy atom. The van der Waals surface area contributed by atoms with Gasteiger partial charge in [0.1, 0.15) is 23.4 Å². The number of carbonyl (C=O) groups excluding carboxylic acids is 2. The van der Waals surface area contributed by atoms with Crippen molar-refractivity contribution < 1.29 is 18.4 Å². The molecule has 1 aliphatic heterocycles. The molecule has 1 aromatic heterocycles. The van der Waals surface area contributed by atoms with Crippen LogP contribution in [0, 0.1) is 23.5 Å². The van der Waals surface area contributed by atoms with E-state index in [1.54, 1.807) is 17.2 Å². The standard InChI is InChI=1S/C24H24ClF2N3O2/c1-2-12-5-6-28-19(7-12)24(32)30-20-8-14(20)9-21(30)23(31)29-22(13-3-4-13)15-10-18(27)16(25)11-17(15)26/h5-7,10-11,13-14,20-22H,2-4,8-9H2,1H3,(H,29,31)/t14-,20-,21-,22?/m1/s1. The molecular formula is C24H24ClF2N3O2. The maximum absolute atomic E-state index is 14.6. The average Bonchev–Trinajstić information content (AvgIpc) is 3.72. The number of aromatic nitrogens is 1. The molecule has 1 unspecified atom stereocenters. The lowest BCUT2D eigenvalue weighted by Gasteiger charge is -2.29. The van der Waals surface area contributed by atoms with E-state index in [0.717, 1.165) is 43.4 Å². The fourth-order valence-corrected chi connectivity index (χ4v) is 4.98. The molecule has 5 rings (SSSR count). The molecule has 1 aromatic carbocycles. The van der Waals surface area contributed by atoms with Crippen molar-refractivity contribution in [3.63, 3.8) is 0 Å². The van der Waals surface area contributed by atoms with E-state index in [0.29, 0.717) is 18.0 Å². The van der Waals surface area contributed by atoms with Gasteiger partial charge in [-0.15, -0.1) is 0 Å². The van der Waals surface area contributed by atoms with Crippen LogP contribution < -0.4 is 5.32 Å². The third kappa shape index (κ3) is 3.87. The second-order valence-electron chi connectivity index (χ2n) is 9.04. The summed E-state index contributed by atoms with van der Waals surface area (Å²) in [6.07, 6.45) is 5.49. The van der Waals surface area contributed by atoms with E-state index in [2.05, 4.69) is 10.3 Å². The van der Waals surface area contributed by atoms with E-state index in [4.69, 9.17) is 11.6 Å². The molecule has 1 saturated heterocycles. The number of likely N-dealkylation sites (tertiary alicyclic amines) is 1. The molecular weight excluding hydrogens is 436 g/mol. The van der Waals surface area contributed by atoms with Crippen LogP contribution >= 0.6 is 11.6 Å². The van der Waals surface area contributed by atoms with Crippen molar-refractivity contribution in [2.75, 3.05) is 0 Å². The van der Waals surface area contributed by atoms with Crippen LogP contribution in [0.1, 0.15) is 60.3 Å². The first-order chi connectivity index (χ1) is 15.4. The summed E-state index contributed by atoms with van der Waals surface area (Å²) in [5.41, 5.74) is 1.44. The number of nitrogens with one attached hydrogen (secondary N) is 1. The Bertz CT molecular complexity index is 1090. The lowest BCUT2D eigenvalue weighted by molar-refractivity contribution is -0.126. The van der Waals surface area contributed by atoms with Crippen molar-refractivity contribution >= 4 is 23.4 Å². The second kappa shape index (κ2) is 8.10. The minimum atomic E-state index is -0.719. The molecule has 2 saturated carbocycles. The summed E-state index contributed by atoms with van der Waals surface area (Å²) < 4.78 is 28.6. The molecule has 32 heavy (non-hydrogen) atoms. The van der Waals surface area contributed by atoms with Gasteiger partial charge in [0.05, 0.1) is 11.1 Å². The van der Waals surface area contributed by atoms with Crippen molar-refractivity contribution in [1.29, 1.82) is 0 Å². The van der Waals surface area contributed by atoms with Gasteiger partial charge in [-0.25, -0.2) is 8.78 Å². The zero-order chi connectivity index (χ0) is 22.6. The number of hydrogen-bond donors (Lipinski definition) is 1. The normalized spacial score (nSPS) is 24.8. The summed E-state index contributed by atoms with van der Waals surface area (Å²) in [6, 6.07) is 4.40. The highest BCUT2D eigenvalue weighted by Gasteiger charge is 2.56. The quantitative estimate of drug-likeness (QED) is 0.649. The summed E-state index contributed by atoms with van der Waals surface area (Å²) in [4.78, 5) is 32.4. The van der Waals surface area contributed by atoms with E-state index in [1.807, 2.05) is 13.0 Å². The van der Waals surface area contributed by atoms with Crippen LogP contribution in [0.3, 0.4) is 0 Å². The Balaban J connectivity index is 1.38. The van der Waals surface area contributed by atoms with Gasteiger partial charge in [0.2, 0.25) is 5.91 Å². The molecule has 2 amide bonds. The van der Waals surface area contributed by atoms with Crippen LogP contribution in [0.2, 0.25) is 5.02 Å². The zero-order valence-corrected chi connectivity index (χ0v) is 18.4. The van der Waals surface area contributed by atoms with E-state index in [-0.39, 0.29) is 34.4 Å². The second-order valence-corrected chi connectivity index (χ2v) is 9.45. The van der Waals surface area contributed by atoms with Gasteiger partial charge in [0, 0.05) is 17.8 Å². The highest BCUT2D eigenvalue weighted by atomic mass is 35.5. The van der Waals surface area contributed by atoms with Crippen LogP contribution in [-0.4, -0.2) is 33.8 Å². The lowest BCUT2D eigenvalue weighted by atomic mass is 10.00. The smallest absolute Gasteiger partial charge is 0.273 e. The van der Waals surface area contributed by atoms with Crippen LogP contribution in [0.4, 0.5) is 8.78 Å². The average molecular weight is 460 g/mol. The van der Waals surface area contributed by atoms with Gasteiger partial charge in [-0.3, -0.25) is 14.6 Å². The monoisotopic (exact) mass is 459 g/mol. The number of halogens is 3. The Labute approximate surface area is 190 Å². The van der Waals surface area contributed by atoms with Crippen molar-refractivity contribution in [3.05, 3.63) is 63.9 Å². The number of piperidine rings is 1. The van der Waals surface area contributed by atoms with Gasteiger partial charge in [-0.2, -0.15) is 0 Å². The number of hydrogen-bond acceptors (Lipinski definition) is 3. The molecule has 2 aliphatic carbocycles. The molecule has 2 aromatic rings. The van der Waals surface area contributed by atoms with Crippen molar-refractivity contribution in [1.82, 2.24) is 15.2 Å². The first-order valence-corrected chi connectivity index (χ1v) is 11.5. The van der Waals surface area contributed by atoms with Crippen LogP contribution in [-0.2, 0) is 11.2 Å². The van der Waals surface area contributed by atoms with Crippen LogP contribution in [0.5, 0.6) is 0 Å².